The van der Waals surface area contributed by atoms with Crippen molar-refractivity contribution in [3.8, 4) is 5.75 Å². The van der Waals surface area contributed by atoms with Gasteiger partial charge in [-0.15, -0.1) is 0 Å². The predicted molar refractivity (Wildman–Crippen MR) is 468 cm³/mol. The molecule has 1 aromatic heterocycles. The lowest BCUT2D eigenvalue weighted by Gasteiger charge is -2.64. The molecule has 14 rings (SSSR count). The molecule has 6 fully saturated rings. The molecule has 15 atom stereocenters. The predicted octanol–water partition coefficient (Wildman–Crippen LogP) is 1.80. The highest BCUT2D eigenvalue weighted by Gasteiger charge is 2.76. The first-order chi connectivity index (χ1) is 59.7. The van der Waals surface area contributed by atoms with Crippen LogP contribution in [0.3, 0.4) is 0 Å². The number of para-hydroxylation sites is 1. The number of likely N-dealkylation sites (N-methyl/N-ethyl adjacent to an activating group) is 1. The first-order valence-electron chi connectivity index (χ1n) is 43.2. The largest absolute Gasteiger partial charge is 0.496 e. The maximum Gasteiger partial charge on any atom is 0.373 e. The van der Waals surface area contributed by atoms with Crippen molar-refractivity contribution in [2.45, 2.75) is 226 Å². The van der Waals surface area contributed by atoms with Crippen LogP contribution in [0.5, 0.6) is 5.75 Å². The van der Waals surface area contributed by atoms with Gasteiger partial charge in [-0.05, 0) is 149 Å². The molecule has 8 amide bonds. The maximum atomic E-state index is 14.9. The summed E-state index contributed by atoms with van der Waals surface area (Å²) in [4.78, 5) is 180. The number of anilines is 1. The third kappa shape index (κ3) is 19.6. The topological polar surface area (TPSA) is 519 Å². The lowest BCUT2D eigenvalue weighted by molar-refractivity contribution is -0.201. The van der Waals surface area contributed by atoms with Crippen LogP contribution in [0.1, 0.15) is 148 Å². The lowest BCUT2D eigenvalue weighted by atomic mass is 9.47. The molecule has 4 aromatic carbocycles. The molecule has 1 aliphatic carbocycles. The molecule has 678 valence electrons. The number of carbonyl (C=O) groups excluding carboxylic acids is 11. The van der Waals surface area contributed by atoms with Gasteiger partial charge in [0, 0.05) is 140 Å². The second kappa shape index (κ2) is 38.3. The number of carboxylic acids is 2. The fraction of sp³-hybridized carbons (Fsp3) is 0.539. The summed E-state index contributed by atoms with van der Waals surface area (Å²) in [5.41, 5.74) is 14.0. The summed E-state index contributed by atoms with van der Waals surface area (Å²) in [6, 6.07) is 18.8. The van der Waals surface area contributed by atoms with Crippen LogP contribution in [0, 0.1) is 11.3 Å². The number of aromatic amines is 1. The number of nitrogens with two attached hydrogens (primary N) is 2. The number of carbonyl (C=O) groups is 11. The van der Waals surface area contributed by atoms with E-state index >= 15 is 0 Å². The fourth-order valence-corrected chi connectivity index (χ4v) is 30.2. The smallest absolute Gasteiger partial charge is 0.373 e. The fourth-order valence-electron chi connectivity index (χ4n) is 21.6. The molecule has 5 saturated heterocycles. The van der Waals surface area contributed by atoms with Gasteiger partial charge in [-0.3, -0.25) is 67.5 Å². The minimum Gasteiger partial charge on any atom is -0.496 e. The van der Waals surface area contributed by atoms with E-state index in [9.17, 15) is 78.3 Å². The van der Waals surface area contributed by atoms with Crippen LogP contribution in [-0.2, 0) is 92.0 Å². The van der Waals surface area contributed by atoms with Gasteiger partial charge in [0.15, 0.2) is 20.1 Å². The first kappa shape index (κ1) is 94.1. The van der Waals surface area contributed by atoms with Crippen LogP contribution >= 0.6 is 0 Å². The van der Waals surface area contributed by atoms with Gasteiger partial charge in [0.2, 0.25) is 55.6 Å². The Hall–Kier alpha value is -11.0. The number of aliphatic imine (C=N–C) groups is 1. The number of methoxy groups -OCH3 is 1. The Labute approximate surface area is 733 Å². The van der Waals surface area contributed by atoms with Crippen molar-refractivity contribution in [3.63, 3.8) is 0 Å². The number of hydrogen-bond acceptors (Lipinski definition) is 22. The number of nitrogens with zero attached hydrogens (tertiary/aromatic N) is 5. The van der Waals surface area contributed by atoms with Crippen LogP contribution in [0.25, 0.3) is 10.9 Å². The van der Waals surface area contributed by atoms with Gasteiger partial charge in [0.1, 0.15) is 41.6 Å². The summed E-state index contributed by atoms with van der Waals surface area (Å²) in [7, 11) is -2.11. The highest BCUT2D eigenvalue weighted by molar-refractivity contribution is 6.92. The number of nitrogens with one attached hydrogen (secondary N) is 8. The van der Waals surface area contributed by atoms with Gasteiger partial charge < -0.3 is 97.9 Å². The average Bonchev–Trinajstić information content (AvgIpc) is 1.48. The lowest BCUT2D eigenvalue weighted by Crippen LogP contribution is -2.78. The normalized spacial score (nSPS) is 28.1. The van der Waals surface area contributed by atoms with Crippen LogP contribution in [0.4, 0.5) is 5.69 Å². The van der Waals surface area contributed by atoms with E-state index in [1.165, 1.54) is 10.9 Å². The number of carboxylic acid groups (broad SMARTS) is 2. The summed E-state index contributed by atoms with van der Waals surface area (Å²) < 4.78 is 13.5. The Bertz CT molecular complexity index is 5100. The third-order valence-corrected chi connectivity index (χ3v) is 34.6. The van der Waals surface area contributed by atoms with Crippen LogP contribution < -0.4 is 63.5 Å². The molecule has 8 aliphatic heterocycles. The van der Waals surface area contributed by atoms with E-state index in [1.54, 1.807) is 43.5 Å². The Morgan fingerprint density at radius 2 is 1.49 bits per heavy atom. The molecule has 17 N–H and O–H groups in total. The first-order valence-corrected chi connectivity index (χ1v) is 49.3. The summed E-state index contributed by atoms with van der Waals surface area (Å²) >= 11 is 0. The zero-order chi connectivity index (χ0) is 91.3. The van der Waals surface area contributed by atoms with Crippen molar-refractivity contribution in [2.24, 2.45) is 27.8 Å². The number of fused-ring (bicyclic) bond motifs is 20. The van der Waals surface area contributed by atoms with E-state index in [2.05, 4.69) is 131 Å². The second-order valence-corrected chi connectivity index (χ2v) is 44.8. The van der Waals surface area contributed by atoms with Gasteiger partial charge in [0.05, 0.1) is 44.2 Å². The minimum atomic E-state index is -2.96. The van der Waals surface area contributed by atoms with Crippen LogP contribution in [0.2, 0.25) is 32.2 Å². The average molecular weight is 1780 g/mol. The highest BCUT2D eigenvalue weighted by Crippen LogP contribution is 2.68. The van der Waals surface area contributed by atoms with Gasteiger partial charge in [-0.2, -0.15) is 9.59 Å². The number of H-pyrrole nitrogens is 1. The number of aliphatic carboxylic acids is 2. The number of ether oxygens (including phenoxy) is 1. The third-order valence-electron chi connectivity index (χ3n) is 27.2. The Kier molecular flexibility index (Phi) is 28.6. The number of aromatic nitrogens is 1. The summed E-state index contributed by atoms with van der Waals surface area (Å²) in [5, 5.41) is 79.1. The molecule has 3 unspecified atom stereocenters. The van der Waals surface area contributed by atoms with Crippen molar-refractivity contribution in [1.82, 2.24) is 56.9 Å². The molecule has 37 heteroatoms. The number of Topliss-reactive ketones (excluding diaryl/α,β-unsaturated/α-hetero) is 1. The minimum absolute atomic E-state index is 0.0183. The Balaban J connectivity index is 0.00000474. The number of aliphatic hydroxyl groups excluding tert-OH is 1. The number of benzene rings is 4. The van der Waals surface area contributed by atoms with Gasteiger partial charge in [-0.1, -0.05) is 92.7 Å². The van der Waals surface area contributed by atoms with Crippen molar-refractivity contribution >= 4 is 116 Å². The van der Waals surface area contributed by atoms with Gasteiger partial charge in [-0.25, -0.2) is 0 Å². The molecule has 35 nitrogen and oxygen atoms in total. The SMILES string of the molecule is CC[C@]1(O)CC2CN(CCc3c([nH]c4ccccc34)[C@@](C)(c3cc4c(cc3OC)N(C)[C@H]3[C@@](O)(CCC(=O)c5ccc([Si](C)(C)O[Si](C)(C)CC(NC(=O)CCC(=O)NCc6ccc(CN7C(=O)[C@H]8CC(=O)N[C@@H](CCCN=C(N)N)C(=O)NCC(=O)N[C@@H](CC(=O)O)C(=O)NC[C@H]7C(=O)N8)cc6)C(=O)O)cc5)[C@H](O)[C@]5(CC)C=CCN6CC[C@]43[C@H]65)C2)C1.O=C=O. The van der Waals surface area contributed by atoms with E-state index in [1.807, 2.05) is 45.4 Å². The quantitative estimate of drug-likeness (QED) is 0.00646. The Morgan fingerprint density at radius 3 is 2.17 bits per heavy atom. The number of piperidine rings is 1. The molecule has 126 heavy (non-hydrogen) atoms. The maximum absolute atomic E-state index is 14.9. The zero-order valence-electron chi connectivity index (χ0n) is 72.9. The van der Waals surface area contributed by atoms with E-state index in [-0.39, 0.29) is 94.1 Å². The van der Waals surface area contributed by atoms with Gasteiger partial charge in [0.25, 0.3) is 0 Å². The van der Waals surface area contributed by atoms with Crippen LogP contribution in [-0.4, -0.2) is 265 Å². The standard InChI is InChI=1S/C88H119N15O18Si2.CO2/c1-10-85(118)43-53-42-84(3,74-57(30-36-101(47-53)50-85)56-16-12-13-17-60(56)98-74)59-38-58-65(41-68(59)120-5)100(4)81-87(58)33-37-102-35-15-31-86(11-2,80(87)102)82(117)88(81,119)32-29-67(104)54-23-25-55(26-24-54)123(8,9)121-122(6,7)49-64(79(115)116)97-70(106)28-27-69(105)92-44-51-19-21-52(22-20-51)48-103-66-45-93-76(112)62(40-73(109)110)96-72(108)46-94-75(111)61(18-14-34-91-83(89)90)95-71(107)39-63(78(103)114)99-77(66)113;2-1-3/h12-13,15-17,19-26,31,38,41,53,61-64,66,80-82,98,117-119H,10-11,14,18,27-30,32-37,39-40,42-50H2,1-9H3,(H,92,105)(H,93,112)(H,94,111)(H,95,107)(H,96,108)(H,97,106)(H,99,113)(H,109,110)(H,115,116)(H4,89,90,91);/t53?,61-,62-,63+,64?,66-,80+,81+,82+,84+,85-,86+,87+,88-;/m0./s1. The zero-order valence-corrected chi connectivity index (χ0v) is 74.9. The number of piperazine rings is 1. The second-order valence-electron chi connectivity index (χ2n) is 36.4. The number of guanidine groups is 1. The highest BCUT2D eigenvalue weighted by atomic mass is 28.4. The molecule has 4 bridgehead atoms. The van der Waals surface area contributed by atoms with Crippen molar-refractivity contribution in [2.75, 3.05) is 71.4 Å². The van der Waals surface area contributed by atoms with E-state index in [4.69, 9.17) is 29.9 Å². The number of ketones is 1. The molecule has 0 radical (unpaired) electrons. The monoisotopic (exact) mass is 1770 g/mol. The molecule has 5 aromatic rings. The Morgan fingerprint density at radius 1 is 0.802 bits per heavy atom. The summed E-state index contributed by atoms with van der Waals surface area (Å²) in [6.07, 6.45) is 5.25. The van der Waals surface area contributed by atoms with E-state index < -0.39 is 172 Å². The number of aliphatic hydroxyl groups is 3. The summed E-state index contributed by atoms with van der Waals surface area (Å²) in [5.74, 6) is -8.63. The van der Waals surface area contributed by atoms with Gasteiger partial charge >= 0.3 is 18.1 Å². The molecule has 1 saturated carbocycles. The number of rotatable bonds is 28. The molecule has 9 heterocycles. The molecule has 9 aliphatic rings. The van der Waals surface area contributed by atoms with E-state index in [0.29, 0.717) is 55.5 Å². The number of hydrogen-bond donors (Lipinski definition) is 15. The van der Waals surface area contributed by atoms with E-state index in [0.717, 1.165) is 76.3 Å². The molecular formula is C89H119N15O20Si2. The molecular weight excluding hydrogens is 1660 g/mol. The number of amides is 8. The van der Waals surface area contributed by atoms with Crippen LogP contribution in [0.15, 0.2) is 102 Å². The van der Waals surface area contributed by atoms with Crippen molar-refractivity contribution in [3.05, 3.63) is 136 Å². The van der Waals surface area contributed by atoms with Crippen molar-refractivity contribution < 1.29 is 96.7 Å². The summed E-state index contributed by atoms with van der Waals surface area (Å²) in [6.45, 7) is 16.5. The molecule has 1 spiro atoms. The van der Waals surface area contributed by atoms with Crippen molar-refractivity contribution in [1.29, 1.82) is 0 Å².